The minimum absolute atomic E-state index is 0.234. The molecular formula is C16H20BrFN2. The molecule has 4 heteroatoms. The minimum atomic E-state index is -0.234. The number of aryl methyl sites for hydroxylation is 2. The van der Waals surface area contributed by atoms with E-state index in [1.807, 2.05) is 13.8 Å². The third-order valence-electron chi connectivity index (χ3n) is 3.57. The number of nitrogens with one attached hydrogen (secondary N) is 1. The number of rotatable bonds is 4. The summed E-state index contributed by atoms with van der Waals surface area (Å²) in [5.41, 5.74) is 4.70. The van der Waals surface area contributed by atoms with Crippen molar-refractivity contribution in [2.75, 3.05) is 11.9 Å². The third-order valence-corrected chi connectivity index (χ3v) is 4.15. The van der Waals surface area contributed by atoms with Crippen LogP contribution in [0.1, 0.15) is 37.1 Å². The van der Waals surface area contributed by atoms with Crippen LogP contribution < -0.4 is 5.32 Å². The summed E-state index contributed by atoms with van der Waals surface area (Å²) >= 11 is 3.30. The number of nitrogens with zero attached hydrogens (tertiary/aromatic N) is 1. The van der Waals surface area contributed by atoms with Gasteiger partial charge < -0.3 is 5.32 Å². The fraction of sp³-hybridized carbons (Fsp3) is 0.438. The maximum atomic E-state index is 14.6. The number of pyridine rings is 1. The lowest BCUT2D eigenvalue weighted by Gasteiger charge is -2.17. The van der Waals surface area contributed by atoms with Crippen LogP contribution in [0.2, 0.25) is 0 Å². The van der Waals surface area contributed by atoms with Crippen LogP contribution in [0.4, 0.5) is 10.1 Å². The molecule has 1 heterocycles. The van der Waals surface area contributed by atoms with Gasteiger partial charge in [0.2, 0.25) is 0 Å². The number of fused-ring (bicyclic) bond motifs is 1. The van der Waals surface area contributed by atoms with Gasteiger partial charge in [-0.2, -0.15) is 0 Å². The molecule has 20 heavy (non-hydrogen) atoms. The van der Waals surface area contributed by atoms with E-state index in [4.69, 9.17) is 0 Å². The highest BCUT2D eigenvalue weighted by Gasteiger charge is 2.17. The topological polar surface area (TPSA) is 24.9 Å². The van der Waals surface area contributed by atoms with Crippen LogP contribution in [-0.4, -0.2) is 11.5 Å². The van der Waals surface area contributed by atoms with Gasteiger partial charge in [0.1, 0.15) is 5.82 Å². The second kappa shape index (κ2) is 6.08. The maximum Gasteiger partial charge on any atom is 0.148 e. The lowest BCUT2D eigenvalue weighted by molar-refractivity contribution is 0.632. The van der Waals surface area contributed by atoms with Crippen molar-refractivity contribution in [3.05, 3.63) is 33.2 Å². The second-order valence-corrected chi connectivity index (χ2v) is 5.91. The summed E-state index contributed by atoms with van der Waals surface area (Å²) in [6.45, 7) is 8.99. The Bertz CT molecular complexity index is 653. The molecule has 0 saturated heterocycles. The van der Waals surface area contributed by atoms with Gasteiger partial charge in [-0.3, -0.25) is 4.98 Å². The van der Waals surface area contributed by atoms with Crippen molar-refractivity contribution in [2.24, 2.45) is 0 Å². The fourth-order valence-corrected chi connectivity index (χ4v) is 3.02. The molecule has 108 valence electrons. The van der Waals surface area contributed by atoms with Gasteiger partial charge in [0.05, 0.1) is 21.1 Å². The van der Waals surface area contributed by atoms with Gasteiger partial charge in [-0.25, -0.2) is 4.39 Å². The van der Waals surface area contributed by atoms with Crippen LogP contribution in [0.15, 0.2) is 10.5 Å². The predicted octanol–water partition coefficient (Wildman–Crippen LogP) is 5.14. The van der Waals surface area contributed by atoms with Crippen LogP contribution in [0, 0.1) is 19.7 Å². The molecule has 2 rings (SSSR count). The molecule has 1 aromatic heterocycles. The molecule has 0 spiro atoms. The summed E-state index contributed by atoms with van der Waals surface area (Å²) in [6.07, 6.45) is 1.85. The Balaban J connectivity index is 2.86. The zero-order chi connectivity index (χ0) is 14.9. The molecule has 0 aliphatic carbocycles. The molecule has 2 aromatic rings. The molecule has 0 aliphatic rings. The third kappa shape index (κ3) is 2.53. The molecule has 0 amide bonds. The Labute approximate surface area is 127 Å². The van der Waals surface area contributed by atoms with Gasteiger partial charge in [0.25, 0.3) is 0 Å². The predicted molar refractivity (Wildman–Crippen MR) is 87.0 cm³/mol. The molecule has 1 aromatic carbocycles. The van der Waals surface area contributed by atoms with Crippen molar-refractivity contribution in [2.45, 2.75) is 40.5 Å². The Hall–Kier alpha value is -1.16. The van der Waals surface area contributed by atoms with Crippen molar-refractivity contribution in [3.8, 4) is 0 Å². The first kappa shape index (κ1) is 15.2. The van der Waals surface area contributed by atoms with Gasteiger partial charge in [0.15, 0.2) is 0 Å². The van der Waals surface area contributed by atoms with Crippen LogP contribution in [0.3, 0.4) is 0 Å². The summed E-state index contributed by atoms with van der Waals surface area (Å²) in [5.74, 6) is -0.234. The largest absolute Gasteiger partial charge is 0.384 e. The highest BCUT2D eigenvalue weighted by molar-refractivity contribution is 9.10. The minimum Gasteiger partial charge on any atom is -0.384 e. The molecule has 2 nitrogen and oxygen atoms in total. The first-order chi connectivity index (χ1) is 9.51. The average Bonchev–Trinajstić information content (AvgIpc) is 2.43. The average molecular weight is 339 g/mol. The fourth-order valence-electron chi connectivity index (χ4n) is 2.48. The summed E-state index contributed by atoms with van der Waals surface area (Å²) in [6, 6.07) is 1.79. The van der Waals surface area contributed by atoms with Gasteiger partial charge in [-0.1, -0.05) is 13.8 Å². The number of aromatic nitrogens is 1. The molecule has 0 atom stereocenters. The van der Waals surface area contributed by atoms with E-state index in [2.05, 4.69) is 40.1 Å². The smallest absolute Gasteiger partial charge is 0.148 e. The number of anilines is 1. The van der Waals surface area contributed by atoms with Gasteiger partial charge in [-0.15, -0.1) is 0 Å². The van der Waals surface area contributed by atoms with E-state index in [1.54, 1.807) is 6.07 Å². The lowest BCUT2D eigenvalue weighted by Crippen LogP contribution is -2.07. The van der Waals surface area contributed by atoms with E-state index in [0.717, 1.165) is 47.4 Å². The Kier molecular flexibility index (Phi) is 4.63. The maximum absolute atomic E-state index is 14.6. The molecule has 0 unspecified atom stereocenters. The molecule has 1 N–H and O–H groups in total. The van der Waals surface area contributed by atoms with Crippen LogP contribution in [0.25, 0.3) is 10.9 Å². The molecule has 0 bridgehead atoms. The van der Waals surface area contributed by atoms with Gasteiger partial charge >= 0.3 is 0 Å². The SMILES string of the molecule is CCCNc1c(C)c(CC)nc2c(C)cc(Br)c(F)c12. The van der Waals surface area contributed by atoms with Crippen LogP contribution in [0.5, 0.6) is 0 Å². The monoisotopic (exact) mass is 338 g/mol. The first-order valence-electron chi connectivity index (χ1n) is 7.02. The summed E-state index contributed by atoms with van der Waals surface area (Å²) in [4.78, 5) is 4.66. The summed E-state index contributed by atoms with van der Waals surface area (Å²) < 4.78 is 15.0. The van der Waals surface area contributed by atoms with Crippen molar-refractivity contribution in [3.63, 3.8) is 0 Å². The number of hydrogen-bond acceptors (Lipinski definition) is 2. The Morgan fingerprint density at radius 1 is 1.30 bits per heavy atom. The number of hydrogen-bond donors (Lipinski definition) is 1. The Morgan fingerprint density at radius 2 is 2.00 bits per heavy atom. The summed E-state index contributed by atoms with van der Waals surface area (Å²) in [5, 5.41) is 3.97. The van der Waals surface area contributed by atoms with E-state index in [-0.39, 0.29) is 5.82 Å². The van der Waals surface area contributed by atoms with Crippen molar-refractivity contribution in [1.29, 1.82) is 0 Å². The molecular weight excluding hydrogens is 319 g/mol. The van der Waals surface area contributed by atoms with Gasteiger partial charge in [0, 0.05) is 12.2 Å². The van der Waals surface area contributed by atoms with Gasteiger partial charge in [-0.05, 0) is 59.8 Å². The van der Waals surface area contributed by atoms with E-state index in [1.165, 1.54) is 0 Å². The molecule has 0 aliphatic heterocycles. The standard InChI is InChI=1S/C16H20BrFN2/c1-5-7-19-16-10(4)12(6-2)20-15-9(3)8-11(17)14(18)13(15)16/h8H,5-7H2,1-4H3,(H,19,20). The van der Waals surface area contributed by atoms with Crippen molar-refractivity contribution in [1.82, 2.24) is 4.98 Å². The highest BCUT2D eigenvalue weighted by Crippen LogP contribution is 2.35. The first-order valence-corrected chi connectivity index (χ1v) is 7.82. The molecule has 0 radical (unpaired) electrons. The zero-order valence-electron chi connectivity index (χ0n) is 12.4. The van der Waals surface area contributed by atoms with Crippen LogP contribution in [-0.2, 0) is 6.42 Å². The molecule has 0 fully saturated rings. The van der Waals surface area contributed by atoms with E-state index < -0.39 is 0 Å². The van der Waals surface area contributed by atoms with E-state index in [0.29, 0.717) is 9.86 Å². The zero-order valence-corrected chi connectivity index (χ0v) is 14.0. The summed E-state index contributed by atoms with van der Waals surface area (Å²) in [7, 11) is 0. The highest BCUT2D eigenvalue weighted by atomic mass is 79.9. The Morgan fingerprint density at radius 3 is 2.60 bits per heavy atom. The van der Waals surface area contributed by atoms with Crippen molar-refractivity contribution >= 4 is 32.5 Å². The van der Waals surface area contributed by atoms with Crippen LogP contribution >= 0.6 is 15.9 Å². The van der Waals surface area contributed by atoms with Crippen molar-refractivity contribution < 1.29 is 4.39 Å². The molecule has 0 saturated carbocycles. The lowest BCUT2D eigenvalue weighted by atomic mass is 10.0. The quantitative estimate of drug-likeness (QED) is 0.834. The normalized spacial score (nSPS) is 11.1. The second-order valence-electron chi connectivity index (χ2n) is 5.05. The van der Waals surface area contributed by atoms with E-state index in [9.17, 15) is 4.39 Å². The van der Waals surface area contributed by atoms with E-state index >= 15 is 0 Å². The number of benzene rings is 1. The number of halogens is 2.